The van der Waals surface area contributed by atoms with Crippen LogP contribution in [0.15, 0.2) is 47.4 Å². The number of hydrogen-bond acceptors (Lipinski definition) is 7. The molecule has 0 spiro atoms. The number of phenols is 1. The maximum atomic E-state index is 12.7. The molecule has 2 aromatic rings. The van der Waals surface area contributed by atoms with Crippen molar-refractivity contribution in [1.82, 2.24) is 4.90 Å². The SMILES string of the molecule is COC(=O)c1ccc(C=C2SC(=S)N(CCCC(=O)Nc3cc(Cl)ccc3O)C2=O)cc1. The van der Waals surface area contributed by atoms with Crippen LogP contribution in [-0.2, 0) is 14.3 Å². The van der Waals surface area contributed by atoms with Gasteiger partial charge in [-0.2, -0.15) is 0 Å². The number of thiocarbonyl (C=S) groups is 1. The van der Waals surface area contributed by atoms with E-state index in [-0.39, 0.29) is 36.2 Å². The zero-order chi connectivity index (χ0) is 23.3. The van der Waals surface area contributed by atoms with Crippen molar-refractivity contribution in [3.8, 4) is 5.75 Å². The Morgan fingerprint density at radius 3 is 2.66 bits per heavy atom. The lowest BCUT2D eigenvalue weighted by molar-refractivity contribution is -0.122. The molecule has 2 amide bonds. The summed E-state index contributed by atoms with van der Waals surface area (Å²) in [5.41, 5.74) is 1.40. The summed E-state index contributed by atoms with van der Waals surface area (Å²) < 4.78 is 5.09. The number of esters is 1. The van der Waals surface area contributed by atoms with E-state index in [4.69, 9.17) is 23.8 Å². The normalized spacial score (nSPS) is 14.7. The van der Waals surface area contributed by atoms with Crippen molar-refractivity contribution < 1.29 is 24.2 Å². The van der Waals surface area contributed by atoms with E-state index in [2.05, 4.69) is 10.1 Å². The molecule has 10 heteroatoms. The second kappa shape index (κ2) is 10.6. The molecular weight excluding hydrogens is 472 g/mol. The van der Waals surface area contributed by atoms with Gasteiger partial charge in [-0.05, 0) is 48.4 Å². The lowest BCUT2D eigenvalue weighted by Gasteiger charge is -2.14. The van der Waals surface area contributed by atoms with Crippen LogP contribution in [0.3, 0.4) is 0 Å². The van der Waals surface area contributed by atoms with Crippen molar-refractivity contribution in [2.75, 3.05) is 19.0 Å². The number of carbonyl (C=O) groups is 3. The molecule has 0 aliphatic carbocycles. The molecule has 2 aromatic carbocycles. The van der Waals surface area contributed by atoms with Crippen LogP contribution >= 0.6 is 35.6 Å². The van der Waals surface area contributed by atoms with Gasteiger partial charge in [-0.1, -0.05) is 47.7 Å². The Kier molecular flexibility index (Phi) is 7.89. The minimum Gasteiger partial charge on any atom is -0.506 e. The number of carbonyl (C=O) groups excluding carboxylic acids is 3. The van der Waals surface area contributed by atoms with E-state index in [0.29, 0.717) is 26.2 Å². The van der Waals surface area contributed by atoms with Crippen LogP contribution in [0.5, 0.6) is 5.75 Å². The molecule has 7 nitrogen and oxygen atoms in total. The van der Waals surface area contributed by atoms with Crippen molar-refractivity contribution in [2.45, 2.75) is 12.8 Å². The number of rotatable bonds is 7. The second-order valence-electron chi connectivity index (χ2n) is 6.76. The fourth-order valence-corrected chi connectivity index (χ4v) is 4.38. The summed E-state index contributed by atoms with van der Waals surface area (Å²) in [6, 6.07) is 11.0. The van der Waals surface area contributed by atoms with Crippen LogP contribution in [0, 0.1) is 0 Å². The van der Waals surface area contributed by atoms with Gasteiger partial charge in [0.25, 0.3) is 5.91 Å². The van der Waals surface area contributed by atoms with Gasteiger partial charge in [0.1, 0.15) is 10.1 Å². The molecule has 1 aliphatic rings. The van der Waals surface area contributed by atoms with E-state index < -0.39 is 5.97 Å². The molecule has 166 valence electrons. The van der Waals surface area contributed by atoms with E-state index in [0.717, 1.165) is 5.56 Å². The molecule has 0 radical (unpaired) electrons. The highest BCUT2D eigenvalue weighted by Gasteiger charge is 2.31. The van der Waals surface area contributed by atoms with E-state index in [1.807, 2.05) is 0 Å². The number of halogens is 1. The molecule has 0 unspecified atom stereocenters. The molecule has 0 atom stereocenters. The van der Waals surface area contributed by atoms with Crippen LogP contribution in [0.25, 0.3) is 6.08 Å². The van der Waals surface area contributed by atoms with Crippen molar-refractivity contribution in [2.24, 2.45) is 0 Å². The average molecular weight is 491 g/mol. The molecular formula is C22H19ClN2O5S2. The van der Waals surface area contributed by atoms with Crippen molar-refractivity contribution in [3.05, 3.63) is 63.5 Å². The number of anilines is 1. The van der Waals surface area contributed by atoms with E-state index in [1.165, 1.54) is 42.0 Å². The van der Waals surface area contributed by atoms with Crippen molar-refractivity contribution in [3.63, 3.8) is 0 Å². The monoisotopic (exact) mass is 490 g/mol. The smallest absolute Gasteiger partial charge is 0.337 e. The predicted molar refractivity (Wildman–Crippen MR) is 129 cm³/mol. The summed E-state index contributed by atoms with van der Waals surface area (Å²) in [7, 11) is 1.31. The van der Waals surface area contributed by atoms with Crippen LogP contribution in [-0.4, -0.2) is 45.8 Å². The fourth-order valence-electron chi connectivity index (χ4n) is 2.90. The summed E-state index contributed by atoms with van der Waals surface area (Å²) in [5, 5.41) is 12.8. The number of amides is 2. The Balaban J connectivity index is 1.55. The van der Waals surface area contributed by atoms with Gasteiger partial charge in [-0.3, -0.25) is 14.5 Å². The first-order valence-electron chi connectivity index (χ1n) is 9.50. The number of methoxy groups -OCH3 is 1. The first kappa shape index (κ1) is 23.8. The van der Waals surface area contributed by atoms with Gasteiger partial charge >= 0.3 is 5.97 Å². The fraction of sp³-hybridized carbons (Fsp3) is 0.182. The zero-order valence-corrected chi connectivity index (χ0v) is 19.4. The standard InChI is InChI=1S/C22H19ClN2O5S2/c1-30-21(29)14-6-4-13(5-7-14)11-18-20(28)25(22(31)32-18)10-2-3-19(27)24-16-12-15(23)8-9-17(16)26/h4-9,11-12,26H,2-3,10H2,1H3,(H,24,27). The molecule has 1 aliphatic heterocycles. The number of hydrogen-bond donors (Lipinski definition) is 2. The van der Waals surface area contributed by atoms with Gasteiger partial charge < -0.3 is 15.2 Å². The predicted octanol–water partition coefficient (Wildman–Crippen LogP) is 4.45. The summed E-state index contributed by atoms with van der Waals surface area (Å²) in [6.45, 7) is 0.290. The summed E-state index contributed by atoms with van der Waals surface area (Å²) >= 11 is 12.4. The lowest BCUT2D eigenvalue weighted by atomic mass is 10.1. The molecule has 0 aromatic heterocycles. The highest BCUT2D eigenvalue weighted by Crippen LogP contribution is 2.33. The lowest BCUT2D eigenvalue weighted by Crippen LogP contribution is -2.29. The molecule has 1 fully saturated rings. The molecule has 32 heavy (non-hydrogen) atoms. The van der Waals surface area contributed by atoms with E-state index in [1.54, 1.807) is 30.3 Å². The number of thioether (sulfide) groups is 1. The number of nitrogens with zero attached hydrogens (tertiary/aromatic N) is 1. The Morgan fingerprint density at radius 1 is 1.25 bits per heavy atom. The molecule has 1 heterocycles. The number of benzene rings is 2. The Morgan fingerprint density at radius 2 is 1.97 bits per heavy atom. The largest absolute Gasteiger partial charge is 0.506 e. The van der Waals surface area contributed by atoms with Gasteiger partial charge in [0, 0.05) is 18.0 Å². The van der Waals surface area contributed by atoms with E-state index >= 15 is 0 Å². The van der Waals surface area contributed by atoms with Crippen LogP contribution in [0.1, 0.15) is 28.8 Å². The summed E-state index contributed by atoms with van der Waals surface area (Å²) in [5.74, 6) is -1.05. The third-order valence-corrected chi connectivity index (χ3v) is 6.13. The quantitative estimate of drug-likeness (QED) is 0.256. The third-order valence-electron chi connectivity index (χ3n) is 4.52. The van der Waals surface area contributed by atoms with Gasteiger partial charge in [0.05, 0.1) is 23.3 Å². The minimum absolute atomic E-state index is 0.0792. The highest BCUT2D eigenvalue weighted by atomic mass is 35.5. The van der Waals surface area contributed by atoms with Crippen LogP contribution in [0.2, 0.25) is 5.02 Å². The average Bonchev–Trinajstić information content (AvgIpc) is 3.03. The zero-order valence-electron chi connectivity index (χ0n) is 17.0. The molecule has 3 rings (SSSR count). The van der Waals surface area contributed by atoms with Crippen LogP contribution < -0.4 is 5.32 Å². The molecule has 1 saturated heterocycles. The summed E-state index contributed by atoms with van der Waals surface area (Å²) in [4.78, 5) is 38.3. The Hall–Kier alpha value is -2.88. The summed E-state index contributed by atoms with van der Waals surface area (Å²) in [6.07, 6.45) is 2.23. The molecule has 2 N–H and O–H groups in total. The van der Waals surface area contributed by atoms with Gasteiger partial charge in [-0.15, -0.1) is 0 Å². The third kappa shape index (κ3) is 5.87. The molecule has 0 saturated carbocycles. The maximum absolute atomic E-state index is 12.7. The Labute approximate surface area is 199 Å². The first-order valence-corrected chi connectivity index (χ1v) is 11.1. The highest BCUT2D eigenvalue weighted by molar-refractivity contribution is 8.26. The minimum atomic E-state index is -0.433. The van der Waals surface area contributed by atoms with Gasteiger partial charge in [0.2, 0.25) is 5.91 Å². The van der Waals surface area contributed by atoms with Gasteiger partial charge in [0.15, 0.2) is 0 Å². The van der Waals surface area contributed by atoms with Crippen LogP contribution in [0.4, 0.5) is 5.69 Å². The van der Waals surface area contributed by atoms with Crippen molar-refractivity contribution in [1.29, 1.82) is 0 Å². The van der Waals surface area contributed by atoms with E-state index in [9.17, 15) is 19.5 Å². The topological polar surface area (TPSA) is 95.9 Å². The molecule has 0 bridgehead atoms. The van der Waals surface area contributed by atoms with Gasteiger partial charge in [-0.25, -0.2) is 4.79 Å². The Bertz CT molecular complexity index is 1100. The number of ether oxygens (including phenoxy) is 1. The maximum Gasteiger partial charge on any atom is 0.337 e. The first-order chi connectivity index (χ1) is 15.3. The number of aromatic hydroxyl groups is 1. The second-order valence-corrected chi connectivity index (χ2v) is 8.87. The van der Waals surface area contributed by atoms with Crippen molar-refractivity contribution >= 4 is 69.4 Å². The number of phenolic OH excluding ortho intramolecular Hbond substituents is 1. The number of nitrogens with one attached hydrogen (secondary N) is 1.